The predicted molar refractivity (Wildman–Crippen MR) is 41.3 cm³/mol. The smallest absolute Gasteiger partial charge is 0.233 e. The first-order valence-corrected chi connectivity index (χ1v) is 3.67. The monoisotopic (exact) mass is 199 g/mol. The third-order valence-corrected chi connectivity index (χ3v) is 1.40. The number of ether oxygens (including phenoxy) is 1. The number of Topliss-reactive ketones (excluding diaryl/α,β-unsaturated/α-hetero) is 1. The highest BCUT2D eigenvalue weighted by molar-refractivity contribution is 6.37. The normalized spacial score (nSPS) is 14.3. The Kier molecular flexibility index (Phi) is 4.98. The molecular weight excluding hydrogens is 193 g/mol. The number of nitrogens with zero attached hydrogens (tertiary/aromatic N) is 1. The molecule has 64 valence electrons. The highest BCUT2D eigenvalue weighted by Gasteiger charge is 2.15. The Labute approximate surface area is 73.7 Å². The molecule has 0 fully saturated rings. The van der Waals surface area contributed by atoms with Crippen molar-refractivity contribution in [1.82, 2.24) is 0 Å². The Morgan fingerprint density at radius 1 is 1.82 bits per heavy atom. The lowest BCUT2D eigenvalue weighted by molar-refractivity contribution is -0.120. The number of rotatable bonds is 3. The molecule has 0 aromatic heterocycles. The summed E-state index contributed by atoms with van der Waals surface area (Å²) in [5, 5.41) is 10.8. The second-order valence-corrected chi connectivity index (χ2v) is 2.32. The summed E-state index contributed by atoms with van der Waals surface area (Å²) in [6.45, 7) is 1.36. The molecule has 0 rings (SSSR count). The van der Waals surface area contributed by atoms with E-state index in [9.17, 15) is 4.79 Å². The summed E-state index contributed by atoms with van der Waals surface area (Å²) >= 11 is 10.5. The van der Waals surface area contributed by atoms with Crippen molar-refractivity contribution in [2.75, 3.05) is 5.88 Å². The number of carbonyl (C=O) groups is 1. The number of halogens is 2. The molecule has 0 aromatic rings. The van der Waals surface area contributed by atoms with Crippen LogP contribution >= 0.6 is 23.2 Å². The van der Waals surface area contributed by atoms with Gasteiger partial charge in [0, 0.05) is 6.92 Å². The van der Waals surface area contributed by atoms with Gasteiger partial charge in [0.05, 0.1) is 5.88 Å². The first-order chi connectivity index (χ1) is 5.11. The van der Waals surface area contributed by atoms with Crippen LogP contribution in [-0.4, -0.2) is 28.3 Å². The molecule has 1 N–H and O–H groups in total. The molecule has 0 amide bonds. The molecule has 0 aliphatic rings. The molecule has 0 saturated carbocycles. The Morgan fingerprint density at radius 3 is 2.73 bits per heavy atom. The van der Waals surface area contributed by atoms with E-state index in [4.69, 9.17) is 28.4 Å². The number of ketones is 1. The highest BCUT2D eigenvalue weighted by Crippen LogP contribution is 2.02. The molecule has 0 spiro atoms. The van der Waals surface area contributed by atoms with Gasteiger partial charge in [-0.15, -0.1) is 11.6 Å². The fourth-order valence-electron chi connectivity index (χ4n) is 0.300. The zero-order valence-electron chi connectivity index (χ0n) is 5.75. The van der Waals surface area contributed by atoms with Gasteiger partial charge in [0.15, 0.2) is 0 Å². The maximum Gasteiger partial charge on any atom is 0.233 e. The Morgan fingerprint density at radius 2 is 2.36 bits per heavy atom. The molecule has 4 nitrogen and oxygen atoms in total. The highest BCUT2D eigenvalue weighted by atomic mass is 35.5. The molecule has 0 aromatic carbocycles. The summed E-state index contributed by atoms with van der Waals surface area (Å²) in [7, 11) is 0. The van der Waals surface area contributed by atoms with E-state index in [2.05, 4.69) is 9.89 Å². The number of hydrogen-bond acceptors (Lipinski definition) is 4. The topological polar surface area (TPSA) is 58.9 Å². The molecule has 0 heterocycles. The maximum absolute atomic E-state index is 10.6. The van der Waals surface area contributed by atoms with Crippen molar-refractivity contribution in [3.05, 3.63) is 0 Å². The van der Waals surface area contributed by atoms with Crippen molar-refractivity contribution in [3.63, 3.8) is 0 Å². The zero-order chi connectivity index (χ0) is 8.85. The molecule has 0 bridgehead atoms. The summed E-state index contributed by atoms with van der Waals surface area (Å²) in [4.78, 5) is 10.6. The van der Waals surface area contributed by atoms with E-state index in [-0.39, 0.29) is 11.8 Å². The van der Waals surface area contributed by atoms with Crippen LogP contribution in [0.15, 0.2) is 5.16 Å². The Bertz CT molecular complexity index is 171. The largest absolute Gasteiger partial charge is 0.451 e. The molecule has 0 aliphatic heterocycles. The van der Waals surface area contributed by atoms with Gasteiger partial charge >= 0.3 is 0 Å². The molecule has 1 atom stereocenters. The quantitative estimate of drug-likeness (QED) is 0.244. The van der Waals surface area contributed by atoms with E-state index in [1.165, 1.54) is 6.92 Å². The Hall–Kier alpha value is -0.480. The van der Waals surface area contributed by atoms with Gasteiger partial charge in [-0.05, 0) is 0 Å². The van der Waals surface area contributed by atoms with Crippen LogP contribution in [0.3, 0.4) is 0 Å². The summed E-state index contributed by atoms with van der Waals surface area (Å²) in [5.74, 6) is -0.785. The minimum absolute atomic E-state index is 0.0801. The lowest BCUT2D eigenvalue weighted by Gasteiger charge is -2.07. The van der Waals surface area contributed by atoms with E-state index in [1.54, 1.807) is 0 Å². The van der Waals surface area contributed by atoms with E-state index in [0.717, 1.165) is 0 Å². The van der Waals surface area contributed by atoms with E-state index in [0.29, 0.717) is 0 Å². The van der Waals surface area contributed by atoms with Crippen molar-refractivity contribution in [2.45, 2.75) is 12.5 Å². The van der Waals surface area contributed by atoms with E-state index in [1.807, 2.05) is 0 Å². The molecule has 0 saturated heterocycles. The summed E-state index contributed by atoms with van der Waals surface area (Å²) in [5.41, 5.74) is -1.18. The summed E-state index contributed by atoms with van der Waals surface area (Å²) in [6, 6.07) is 0. The second-order valence-electron chi connectivity index (χ2n) is 1.65. The standard InChI is InChI=1S/C5H7Cl2NO3/c1-3(8-10)11-5(7)4(9)2-6/h5,10H,2H2,1H3. The van der Waals surface area contributed by atoms with Gasteiger partial charge in [-0.1, -0.05) is 16.8 Å². The van der Waals surface area contributed by atoms with Crippen LogP contribution in [0.2, 0.25) is 0 Å². The molecule has 0 radical (unpaired) electrons. The zero-order valence-corrected chi connectivity index (χ0v) is 7.26. The molecule has 11 heavy (non-hydrogen) atoms. The fraction of sp³-hybridized carbons (Fsp3) is 0.600. The van der Waals surface area contributed by atoms with Gasteiger partial charge in [0.2, 0.25) is 17.2 Å². The van der Waals surface area contributed by atoms with Crippen molar-refractivity contribution in [3.8, 4) is 0 Å². The average molecular weight is 200 g/mol. The second kappa shape index (κ2) is 5.21. The average Bonchev–Trinajstić information content (AvgIpc) is 2.02. The molecule has 1 unspecified atom stereocenters. The number of oxime groups is 1. The molecular formula is C5H7Cl2NO3. The lowest BCUT2D eigenvalue weighted by Crippen LogP contribution is -2.21. The number of alkyl halides is 2. The van der Waals surface area contributed by atoms with E-state index >= 15 is 0 Å². The lowest BCUT2D eigenvalue weighted by atomic mass is 10.5. The SMILES string of the molecule is CC(=NO)OC(Cl)C(=O)CCl. The molecule has 0 aliphatic carbocycles. The maximum atomic E-state index is 10.6. The van der Waals surface area contributed by atoms with Crippen molar-refractivity contribution >= 4 is 34.9 Å². The minimum Gasteiger partial charge on any atom is -0.451 e. The number of hydrogen-bond donors (Lipinski definition) is 1. The minimum atomic E-state index is -1.18. The predicted octanol–water partition coefficient (Wildman–Crippen LogP) is 1.18. The van der Waals surface area contributed by atoms with Gasteiger partial charge in [-0.25, -0.2) is 0 Å². The summed E-state index contributed by atoms with van der Waals surface area (Å²) < 4.78 is 4.58. The first-order valence-electron chi connectivity index (χ1n) is 2.70. The molecule has 6 heteroatoms. The third kappa shape index (κ3) is 4.06. The van der Waals surface area contributed by atoms with Crippen molar-refractivity contribution in [1.29, 1.82) is 0 Å². The van der Waals surface area contributed by atoms with Gasteiger partial charge in [-0.3, -0.25) is 4.79 Å². The van der Waals surface area contributed by atoms with Crippen molar-refractivity contribution < 1.29 is 14.7 Å². The fourth-order valence-corrected chi connectivity index (χ4v) is 0.725. The van der Waals surface area contributed by atoms with Crippen LogP contribution in [0, 0.1) is 0 Å². The van der Waals surface area contributed by atoms with Crippen molar-refractivity contribution in [2.24, 2.45) is 5.16 Å². The van der Waals surface area contributed by atoms with Crippen LogP contribution in [0.5, 0.6) is 0 Å². The van der Waals surface area contributed by atoms with Gasteiger partial charge in [0.25, 0.3) is 0 Å². The van der Waals surface area contributed by atoms with Crippen LogP contribution < -0.4 is 0 Å². The van der Waals surface area contributed by atoms with Gasteiger partial charge in [-0.2, -0.15) is 0 Å². The van der Waals surface area contributed by atoms with Crippen LogP contribution in [0.25, 0.3) is 0 Å². The van der Waals surface area contributed by atoms with Crippen LogP contribution in [-0.2, 0) is 9.53 Å². The third-order valence-electron chi connectivity index (χ3n) is 0.800. The first kappa shape index (κ1) is 10.5. The number of carbonyl (C=O) groups excluding carboxylic acids is 1. The van der Waals surface area contributed by atoms with E-state index < -0.39 is 11.3 Å². The Balaban J connectivity index is 3.87. The van der Waals surface area contributed by atoms with Gasteiger partial charge in [0.1, 0.15) is 0 Å². The van der Waals surface area contributed by atoms with Gasteiger partial charge < -0.3 is 9.94 Å². The van der Waals surface area contributed by atoms with Crippen LogP contribution in [0.4, 0.5) is 0 Å². The summed E-state index contributed by atoms with van der Waals surface area (Å²) in [6.07, 6.45) is 0. The van der Waals surface area contributed by atoms with Crippen LogP contribution in [0.1, 0.15) is 6.92 Å².